The van der Waals surface area contributed by atoms with Gasteiger partial charge in [0.15, 0.2) is 0 Å². The van der Waals surface area contributed by atoms with Crippen LogP contribution in [0.15, 0.2) is 36.7 Å². The van der Waals surface area contributed by atoms with Gasteiger partial charge in [-0.1, -0.05) is 20.8 Å². The lowest BCUT2D eigenvalue weighted by Gasteiger charge is -2.17. The fourth-order valence-electron chi connectivity index (χ4n) is 1.71. The Balaban J connectivity index is 2.11. The van der Waals surface area contributed by atoms with E-state index in [0.717, 1.165) is 5.56 Å². The van der Waals surface area contributed by atoms with Crippen molar-refractivity contribution in [3.05, 3.63) is 48.2 Å². The van der Waals surface area contributed by atoms with Crippen molar-refractivity contribution < 1.29 is 9.18 Å². The van der Waals surface area contributed by atoms with Crippen LogP contribution in [0.5, 0.6) is 0 Å². The van der Waals surface area contributed by atoms with E-state index in [-0.39, 0.29) is 11.7 Å². The minimum Gasteiger partial charge on any atom is -0.350 e. The van der Waals surface area contributed by atoms with E-state index in [1.807, 2.05) is 20.8 Å². The Labute approximate surface area is 123 Å². The predicted octanol–water partition coefficient (Wildman–Crippen LogP) is 2.95. The molecule has 1 amide bonds. The van der Waals surface area contributed by atoms with E-state index < -0.39 is 5.41 Å². The van der Waals surface area contributed by atoms with Crippen molar-refractivity contribution in [2.24, 2.45) is 5.41 Å². The van der Waals surface area contributed by atoms with Gasteiger partial charge in [0.05, 0.1) is 17.9 Å². The number of hydrogen-bond acceptors (Lipinski definition) is 3. The molecule has 0 unspecified atom stereocenters. The third-order valence-corrected chi connectivity index (χ3v) is 2.97. The molecule has 0 spiro atoms. The summed E-state index contributed by atoms with van der Waals surface area (Å²) < 4.78 is 12.9. The summed E-state index contributed by atoms with van der Waals surface area (Å²) in [4.78, 5) is 20.1. The van der Waals surface area contributed by atoms with Gasteiger partial charge < -0.3 is 5.32 Å². The molecule has 1 aromatic heterocycles. The van der Waals surface area contributed by atoms with Crippen molar-refractivity contribution >= 4 is 5.91 Å². The van der Waals surface area contributed by atoms with E-state index in [1.165, 1.54) is 18.5 Å². The number of rotatable bonds is 3. The number of carbonyl (C=O) groups is 1. The van der Waals surface area contributed by atoms with Crippen molar-refractivity contribution in [2.75, 3.05) is 0 Å². The van der Waals surface area contributed by atoms with Crippen LogP contribution in [-0.2, 0) is 11.3 Å². The van der Waals surface area contributed by atoms with Gasteiger partial charge in [-0.3, -0.25) is 4.79 Å². The smallest absolute Gasteiger partial charge is 0.225 e. The monoisotopic (exact) mass is 287 g/mol. The lowest BCUT2D eigenvalue weighted by Crippen LogP contribution is -2.34. The second-order valence-electron chi connectivity index (χ2n) is 5.83. The molecular weight excluding hydrogens is 269 g/mol. The Hall–Kier alpha value is -2.30. The number of hydrogen-bond donors (Lipinski definition) is 1. The molecular formula is C16H18FN3O. The lowest BCUT2D eigenvalue weighted by atomic mass is 9.96. The van der Waals surface area contributed by atoms with Crippen LogP contribution in [-0.4, -0.2) is 15.9 Å². The predicted molar refractivity (Wildman–Crippen MR) is 78.7 cm³/mol. The van der Waals surface area contributed by atoms with E-state index in [1.54, 1.807) is 18.2 Å². The van der Waals surface area contributed by atoms with Gasteiger partial charge in [0.25, 0.3) is 0 Å². The van der Waals surface area contributed by atoms with E-state index >= 15 is 0 Å². The molecule has 110 valence electrons. The second kappa shape index (κ2) is 5.99. The van der Waals surface area contributed by atoms with Crippen LogP contribution in [0.1, 0.15) is 26.5 Å². The van der Waals surface area contributed by atoms with E-state index in [4.69, 9.17) is 0 Å². The second-order valence-corrected chi connectivity index (χ2v) is 5.83. The van der Waals surface area contributed by atoms with Crippen molar-refractivity contribution in [3.8, 4) is 11.3 Å². The standard InChI is InChI=1S/C16H18FN3O/c1-16(2,3)15(21)18-9-13-8-14(20-10-19-13)11-4-6-12(17)7-5-11/h4-8,10H,9H2,1-3H3,(H,18,21). The summed E-state index contributed by atoms with van der Waals surface area (Å²) in [6, 6.07) is 7.89. The molecule has 0 bridgehead atoms. The van der Waals surface area contributed by atoms with Crippen molar-refractivity contribution in [1.29, 1.82) is 0 Å². The zero-order valence-corrected chi connectivity index (χ0v) is 12.4. The van der Waals surface area contributed by atoms with Crippen LogP contribution in [0, 0.1) is 11.2 Å². The van der Waals surface area contributed by atoms with Crippen molar-refractivity contribution in [3.63, 3.8) is 0 Å². The maximum Gasteiger partial charge on any atom is 0.225 e. The van der Waals surface area contributed by atoms with Crippen LogP contribution in [0.3, 0.4) is 0 Å². The normalized spacial score (nSPS) is 11.2. The average Bonchev–Trinajstić information content (AvgIpc) is 2.45. The summed E-state index contributed by atoms with van der Waals surface area (Å²) >= 11 is 0. The summed E-state index contributed by atoms with van der Waals surface area (Å²) in [5.41, 5.74) is 1.78. The summed E-state index contributed by atoms with van der Waals surface area (Å²) in [5, 5.41) is 2.84. The minimum atomic E-state index is -0.438. The molecule has 5 heteroatoms. The Morgan fingerprint density at radius 2 is 1.86 bits per heavy atom. The van der Waals surface area contributed by atoms with Crippen LogP contribution < -0.4 is 5.32 Å². The van der Waals surface area contributed by atoms with Gasteiger partial charge in [-0.2, -0.15) is 0 Å². The van der Waals surface area contributed by atoms with Gasteiger partial charge in [-0.25, -0.2) is 14.4 Å². The summed E-state index contributed by atoms with van der Waals surface area (Å²) in [7, 11) is 0. The van der Waals surface area contributed by atoms with Gasteiger partial charge in [-0.05, 0) is 30.3 Å². The molecule has 2 aromatic rings. The fraction of sp³-hybridized carbons (Fsp3) is 0.312. The van der Waals surface area contributed by atoms with Crippen molar-refractivity contribution in [2.45, 2.75) is 27.3 Å². The highest BCUT2D eigenvalue weighted by molar-refractivity contribution is 5.81. The highest BCUT2D eigenvalue weighted by Gasteiger charge is 2.20. The van der Waals surface area contributed by atoms with Gasteiger partial charge in [0, 0.05) is 11.0 Å². The molecule has 2 rings (SSSR count). The van der Waals surface area contributed by atoms with E-state index in [2.05, 4.69) is 15.3 Å². The summed E-state index contributed by atoms with van der Waals surface area (Å²) in [6.07, 6.45) is 1.44. The molecule has 1 N–H and O–H groups in total. The Bertz CT molecular complexity index is 633. The number of halogens is 1. The summed E-state index contributed by atoms with van der Waals surface area (Å²) in [5.74, 6) is -0.324. The average molecular weight is 287 g/mol. The molecule has 0 radical (unpaired) electrons. The van der Waals surface area contributed by atoms with Crippen molar-refractivity contribution in [1.82, 2.24) is 15.3 Å². The first-order valence-corrected chi connectivity index (χ1v) is 6.71. The number of aromatic nitrogens is 2. The summed E-state index contributed by atoms with van der Waals surface area (Å²) in [6.45, 7) is 5.90. The number of benzene rings is 1. The molecule has 1 aromatic carbocycles. The Kier molecular flexibility index (Phi) is 4.31. The zero-order valence-electron chi connectivity index (χ0n) is 12.4. The molecule has 0 aliphatic heterocycles. The van der Waals surface area contributed by atoms with Crippen LogP contribution in [0.2, 0.25) is 0 Å². The first-order chi connectivity index (χ1) is 9.86. The zero-order chi connectivity index (χ0) is 15.5. The topological polar surface area (TPSA) is 54.9 Å². The molecule has 4 nitrogen and oxygen atoms in total. The molecule has 0 atom stereocenters. The molecule has 0 saturated heterocycles. The first kappa shape index (κ1) is 15.1. The number of nitrogens with zero attached hydrogens (tertiary/aromatic N) is 2. The highest BCUT2D eigenvalue weighted by atomic mass is 19.1. The first-order valence-electron chi connectivity index (χ1n) is 6.71. The van der Waals surface area contributed by atoms with Gasteiger partial charge >= 0.3 is 0 Å². The Morgan fingerprint density at radius 3 is 2.48 bits per heavy atom. The van der Waals surface area contributed by atoms with Crippen LogP contribution >= 0.6 is 0 Å². The molecule has 0 fully saturated rings. The maximum absolute atomic E-state index is 12.9. The van der Waals surface area contributed by atoms with E-state index in [0.29, 0.717) is 17.9 Å². The molecule has 0 saturated carbocycles. The van der Waals surface area contributed by atoms with Crippen LogP contribution in [0.4, 0.5) is 4.39 Å². The molecule has 0 aliphatic carbocycles. The Morgan fingerprint density at radius 1 is 1.19 bits per heavy atom. The van der Waals surface area contributed by atoms with E-state index in [9.17, 15) is 9.18 Å². The molecule has 1 heterocycles. The van der Waals surface area contributed by atoms with Crippen LogP contribution in [0.25, 0.3) is 11.3 Å². The van der Waals surface area contributed by atoms with Gasteiger partial charge in [-0.15, -0.1) is 0 Å². The maximum atomic E-state index is 12.9. The third-order valence-electron chi connectivity index (χ3n) is 2.97. The van der Waals surface area contributed by atoms with Gasteiger partial charge in [0.1, 0.15) is 12.1 Å². The highest BCUT2D eigenvalue weighted by Crippen LogP contribution is 2.18. The molecule has 0 aliphatic rings. The fourth-order valence-corrected chi connectivity index (χ4v) is 1.71. The largest absolute Gasteiger partial charge is 0.350 e. The third kappa shape index (κ3) is 4.08. The molecule has 21 heavy (non-hydrogen) atoms. The van der Waals surface area contributed by atoms with Gasteiger partial charge in [0.2, 0.25) is 5.91 Å². The number of nitrogens with one attached hydrogen (secondary N) is 1. The SMILES string of the molecule is CC(C)(C)C(=O)NCc1cc(-c2ccc(F)cc2)ncn1. The quantitative estimate of drug-likeness (QED) is 0.944. The number of amides is 1. The lowest BCUT2D eigenvalue weighted by molar-refractivity contribution is -0.128. The number of carbonyl (C=O) groups excluding carboxylic acids is 1. The minimum absolute atomic E-state index is 0.0376.